The Labute approximate surface area is 277 Å². The number of ether oxygens (including phenoxy) is 1. The van der Waals surface area contributed by atoms with Crippen molar-refractivity contribution in [2.24, 2.45) is 0 Å². The Morgan fingerprint density at radius 3 is 2.43 bits per heavy atom. The number of likely N-dealkylation sites (tertiary alicyclic amines) is 1. The molecule has 0 saturated carbocycles. The summed E-state index contributed by atoms with van der Waals surface area (Å²) < 4.78 is 6.04. The van der Waals surface area contributed by atoms with Gasteiger partial charge in [-0.2, -0.15) is 0 Å². The maximum Gasteiger partial charge on any atom is 0.243 e. The quantitative estimate of drug-likeness (QED) is 0.127. The third kappa shape index (κ3) is 9.41. The Bertz CT molecular complexity index is 1480. The average Bonchev–Trinajstić information content (AvgIpc) is 3.09. The van der Waals surface area contributed by atoms with Crippen LogP contribution in [0.25, 0.3) is 0 Å². The Morgan fingerprint density at radius 1 is 0.935 bits per heavy atom. The molecular weight excluding hydrogens is 600 g/mol. The molecule has 2 heterocycles. The zero-order valence-electron chi connectivity index (χ0n) is 26.7. The van der Waals surface area contributed by atoms with E-state index in [-0.39, 0.29) is 43.2 Å². The van der Waals surface area contributed by atoms with E-state index in [9.17, 15) is 14.4 Å². The van der Waals surface area contributed by atoms with Crippen molar-refractivity contribution in [1.82, 2.24) is 15.1 Å². The van der Waals surface area contributed by atoms with Gasteiger partial charge in [-0.25, -0.2) is 0 Å². The molecule has 2 atom stereocenters. The van der Waals surface area contributed by atoms with Crippen LogP contribution in [-0.4, -0.2) is 72.5 Å². The fraction of sp³-hybridized carbons (Fsp3) is 0.432. The predicted molar refractivity (Wildman–Crippen MR) is 182 cm³/mol. The smallest absolute Gasteiger partial charge is 0.243 e. The minimum Gasteiger partial charge on any atom is -0.363 e. The van der Waals surface area contributed by atoms with E-state index in [0.717, 1.165) is 48.4 Å². The lowest BCUT2D eigenvalue weighted by Crippen LogP contribution is -2.55. The van der Waals surface area contributed by atoms with Crippen LogP contribution in [0.3, 0.4) is 0 Å². The molecule has 9 heteroatoms. The molecule has 2 aliphatic heterocycles. The van der Waals surface area contributed by atoms with Crippen LogP contribution in [0.15, 0.2) is 72.8 Å². The van der Waals surface area contributed by atoms with Crippen LogP contribution in [-0.2, 0) is 27.3 Å². The van der Waals surface area contributed by atoms with E-state index in [0.29, 0.717) is 30.2 Å². The van der Waals surface area contributed by atoms with Gasteiger partial charge < -0.3 is 25.2 Å². The minimum absolute atomic E-state index is 0.0526. The number of nitrogens with one attached hydrogen (secondary N) is 2. The van der Waals surface area contributed by atoms with E-state index < -0.39 is 6.04 Å². The number of fused-ring (bicyclic) bond motifs is 1. The molecule has 0 bridgehead atoms. The number of aryl methyl sites for hydroxylation is 1. The molecule has 5 rings (SSSR count). The largest absolute Gasteiger partial charge is 0.363 e. The molecule has 1 saturated heterocycles. The number of carbonyl (C=O) groups excluding carboxylic acids is 3. The molecule has 2 aliphatic rings. The van der Waals surface area contributed by atoms with Crippen molar-refractivity contribution >= 4 is 34.9 Å². The summed E-state index contributed by atoms with van der Waals surface area (Å²) in [5.74, 6) is -0.460. The zero-order chi connectivity index (χ0) is 32.3. The van der Waals surface area contributed by atoms with E-state index in [1.807, 2.05) is 67.6 Å². The van der Waals surface area contributed by atoms with Gasteiger partial charge in [0.15, 0.2) is 5.78 Å². The topological polar surface area (TPSA) is 91.0 Å². The second-order valence-electron chi connectivity index (χ2n) is 12.4. The SMILES string of the molecule is Cc1cc(NCOC[C@H](CCN2CCCCC2)NC(=O)[C@@H]2Cc3ccccc3CN2C(=O)CCC(=O)c2ccccc2)ccc1Cl. The van der Waals surface area contributed by atoms with Crippen molar-refractivity contribution in [2.75, 3.05) is 38.3 Å². The molecule has 0 unspecified atom stereocenters. The molecule has 3 aromatic rings. The molecule has 2 N–H and O–H groups in total. The number of piperidine rings is 1. The van der Waals surface area contributed by atoms with Gasteiger partial charge in [0.1, 0.15) is 12.8 Å². The summed E-state index contributed by atoms with van der Waals surface area (Å²) in [6, 6.07) is 21.8. The Balaban J connectivity index is 1.24. The van der Waals surface area contributed by atoms with E-state index in [1.54, 1.807) is 17.0 Å². The van der Waals surface area contributed by atoms with Crippen molar-refractivity contribution in [3.63, 3.8) is 0 Å². The molecule has 0 aromatic heterocycles. The highest BCUT2D eigenvalue weighted by atomic mass is 35.5. The van der Waals surface area contributed by atoms with Gasteiger partial charge in [-0.1, -0.05) is 72.6 Å². The molecule has 0 aliphatic carbocycles. The third-order valence-corrected chi connectivity index (χ3v) is 9.40. The number of nitrogens with zero attached hydrogens (tertiary/aromatic N) is 2. The summed E-state index contributed by atoms with van der Waals surface area (Å²) in [4.78, 5) is 44.5. The molecule has 244 valence electrons. The summed E-state index contributed by atoms with van der Waals surface area (Å²) in [7, 11) is 0. The fourth-order valence-electron chi connectivity index (χ4n) is 6.26. The van der Waals surface area contributed by atoms with Gasteiger partial charge >= 0.3 is 0 Å². The van der Waals surface area contributed by atoms with E-state index in [4.69, 9.17) is 16.3 Å². The number of ketones is 1. The lowest BCUT2D eigenvalue weighted by atomic mass is 9.92. The van der Waals surface area contributed by atoms with Crippen LogP contribution in [0.2, 0.25) is 5.02 Å². The van der Waals surface area contributed by atoms with Crippen LogP contribution in [0.5, 0.6) is 0 Å². The molecule has 0 spiro atoms. The highest BCUT2D eigenvalue weighted by Gasteiger charge is 2.35. The maximum absolute atomic E-state index is 14.0. The van der Waals surface area contributed by atoms with Gasteiger partial charge in [0.25, 0.3) is 0 Å². The first-order valence-electron chi connectivity index (χ1n) is 16.4. The lowest BCUT2D eigenvalue weighted by Gasteiger charge is -2.37. The number of benzene rings is 3. The van der Waals surface area contributed by atoms with Gasteiger partial charge in [0, 0.05) is 48.6 Å². The normalized spacial score (nSPS) is 17.2. The number of rotatable bonds is 14. The van der Waals surface area contributed by atoms with Crippen LogP contribution in [0.4, 0.5) is 5.69 Å². The van der Waals surface area contributed by atoms with Gasteiger partial charge in [0.2, 0.25) is 11.8 Å². The van der Waals surface area contributed by atoms with Crippen molar-refractivity contribution in [1.29, 1.82) is 0 Å². The second-order valence-corrected chi connectivity index (χ2v) is 12.8. The van der Waals surface area contributed by atoms with E-state index in [1.165, 1.54) is 19.3 Å². The summed E-state index contributed by atoms with van der Waals surface area (Å²) in [6.07, 6.45) is 4.98. The zero-order valence-corrected chi connectivity index (χ0v) is 27.4. The maximum atomic E-state index is 14.0. The van der Waals surface area contributed by atoms with Crippen LogP contribution in [0, 0.1) is 6.92 Å². The molecule has 3 aromatic carbocycles. The molecular formula is C37H45ClN4O4. The van der Waals surface area contributed by atoms with Gasteiger partial charge in [-0.05, 0) is 74.2 Å². The monoisotopic (exact) mass is 644 g/mol. The lowest BCUT2D eigenvalue weighted by molar-refractivity contribution is -0.142. The summed E-state index contributed by atoms with van der Waals surface area (Å²) in [5, 5.41) is 7.24. The van der Waals surface area contributed by atoms with Crippen LogP contribution < -0.4 is 10.6 Å². The first-order valence-corrected chi connectivity index (χ1v) is 16.8. The van der Waals surface area contributed by atoms with Crippen LogP contribution in [0.1, 0.15) is 65.6 Å². The number of anilines is 1. The molecule has 1 fully saturated rings. The minimum atomic E-state index is -0.665. The third-order valence-electron chi connectivity index (χ3n) is 8.98. The van der Waals surface area contributed by atoms with Crippen molar-refractivity contribution < 1.29 is 19.1 Å². The summed E-state index contributed by atoms with van der Waals surface area (Å²) in [5.41, 5.74) is 4.58. The standard InChI is InChI=1S/C37H45ClN4O4/c1-27-22-31(14-15-33(27)38)39-26-46-25-32(18-21-41-19-8-3-9-20-41)40-37(45)34-23-29-12-6-7-13-30(29)24-42(34)36(44)17-16-35(43)28-10-4-2-5-11-28/h2,4-7,10-15,22,32,34,39H,3,8-9,16-21,23-26H2,1H3,(H,40,45)/t32-,34-/m0/s1. The predicted octanol–water partition coefficient (Wildman–Crippen LogP) is 6.01. The number of carbonyl (C=O) groups is 3. The van der Waals surface area contributed by atoms with Crippen molar-refractivity contribution in [2.45, 2.75) is 70.5 Å². The van der Waals surface area contributed by atoms with Crippen molar-refractivity contribution in [3.05, 3.63) is 100 Å². The molecule has 2 amide bonds. The number of halogens is 1. The van der Waals surface area contributed by atoms with Gasteiger partial charge in [-0.15, -0.1) is 0 Å². The average molecular weight is 645 g/mol. The fourth-order valence-corrected chi connectivity index (χ4v) is 6.38. The molecule has 46 heavy (non-hydrogen) atoms. The summed E-state index contributed by atoms with van der Waals surface area (Å²) in [6.45, 7) is 5.93. The molecule has 8 nitrogen and oxygen atoms in total. The highest BCUT2D eigenvalue weighted by Crippen LogP contribution is 2.25. The Hall–Kier alpha value is -3.72. The Kier molecular flexibility index (Phi) is 12.2. The first kappa shape index (κ1) is 33.6. The van der Waals surface area contributed by atoms with Gasteiger partial charge in [-0.3, -0.25) is 14.4 Å². The van der Waals surface area contributed by atoms with E-state index in [2.05, 4.69) is 15.5 Å². The van der Waals surface area contributed by atoms with E-state index >= 15 is 0 Å². The number of Topliss-reactive ketones (excluding diaryl/α,β-unsaturated/α-hetero) is 1. The number of hydrogen-bond donors (Lipinski definition) is 2. The first-order chi connectivity index (χ1) is 22.4. The van der Waals surface area contributed by atoms with Crippen LogP contribution >= 0.6 is 11.6 Å². The summed E-state index contributed by atoms with van der Waals surface area (Å²) >= 11 is 6.17. The van der Waals surface area contributed by atoms with Gasteiger partial charge in [0.05, 0.1) is 12.6 Å². The number of hydrogen-bond acceptors (Lipinski definition) is 6. The number of amides is 2. The highest BCUT2D eigenvalue weighted by molar-refractivity contribution is 6.31. The second kappa shape index (κ2) is 16.7. The van der Waals surface area contributed by atoms with Crippen molar-refractivity contribution in [3.8, 4) is 0 Å². The molecule has 0 radical (unpaired) electrons. The Morgan fingerprint density at radius 2 is 1.67 bits per heavy atom.